The molecule has 1 amide bonds. The van der Waals surface area contributed by atoms with Gasteiger partial charge in [0.2, 0.25) is 0 Å². The number of H-pyrrole nitrogens is 1. The second kappa shape index (κ2) is 7.81. The van der Waals surface area contributed by atoms with E-state index in [-0.39, 0.29) is 29.9 Å². The Hall–Kier alpha value is -0.850. The molecule has 2 rings (SSSR count). The summed E-state index contributed by atoms with van der Waals surface area (Å²) < 4.78 is 0.360. The molecular formula is C13H19BrClN3O2. The van der Waals surface area contributed by atoms with E-state index in [9.17, 15) is 9.59 Å². The van der Waals surface area contributed by atoms with Crippen LogP contribution in [0.5, 0.6) is 0 Å². The first-order chi connectivity index (χ1) is 9.11. The van der Waals surface area contributed by atoms with Crippen LogP contribution < -0.4 is 16.6 Å². The summed E-state index contributed by atoms with van der Waals surface area (Å²) in [7, 11) is 0. The molecule has 0 saturated heterocycles. The molecule has 1 fully saturated rings. The lowest BCUT2D eigenvalue weighted by atomic mass is 9.84. The standard InChI is InChI=1S/C13H18BrN3O2.ClH/c14-10-5-9(7-16-13(10)19)12(18)17-11-4-2-1-3-8(11)6-15;/h5,7-8,11H,1-4,6,15H2,(H,16,19)(H,17,18);1H. The number of halogens is 2. The first-order valence-corrected chi connectivity index (χ1v) is 7.30. The van der Waals surface area contributed by atoms with Crippen molar-refractivity contribution < 1.29 is 4.79 Å². The molecule has 4 N–H and O–H groups in total. The number of hydrogen-bond donors (Lipinski definition) is 3. The number of amides is 1. The fourth-order valence-corrected chi connectivity index (χ4v) is 2.88. The summed E-state index contributed by atoms with van der Waals surface area (Å²) in [6.45, 7) is 0.597. The van der Waals surface area contributed by atoms with Crippen molar-refractivity contribution in [3.05, 3.63) is 32.7 Å². The highest BCUT2D eigenvalue weighted by Crippen LogP contribution is 2.23. The monoisotopic (exact) mass is 363 g/mol. The highest BCUT2D eigenvalue weighted by Gasteiger charge is 2.25. The van der Waals surface area contributed by atoms with Crippen molar-refractivity contribution in [1.82, 2.24) is 10.3 Å². The molecule has 0 aromatic carbocycles. The molecule has 7 heteroatoms. The third-order valence-electron chi connectivity index (χ3n) is 3.65. The summed E-state index contributed by atoms with van der Waals surface area (Å²) in [6, 6.07) is 1.67. The highest BCUT2D eigenvalue weighted by molar-refractivity contribution is 9.10. The Morgan fingerprint density at radius 1 is 1.45 bits per heavy atom. The molecule has 2 atom stereocenters. The van der Waals surface area contributed by atoms with Gasteiger partial charge < -0.3 is 16.0 Å². The molecule has 1 aliphatic rings. The maximum atomic E-state index is 12.1. The van der Waals surface area contributed by atoms with Gasteiger partial charge in [0, 0.05) is 12.2 Å². The molecule has 5 nitrogen and oxygen atoms in total. The van der Waals surface area contributed by atoms with Crippen LogP contribution >= 0.6 is 28.3 Å². The Kier molecular flexibility index (Phi) is 6.71. The summed E-state index contributed by atoms with van der Waals surface area (Å²) in [4.78, 5) is 25.9. The number of pyridine rings is 1. The lowest BCUT2D eigenvalue weighted by molar-refractivity contribution is 0.0907. The number of hydrogen-bond acceptors (Lipinski definition) is 3. The minimum Gasteiger partial charge on any atom is -0.349 e. The predicted octanol–water partition coefficient (Wildman–Crippen LogP) is 1.81. The molecule has 0 radical (unpaired) electrons. The van der Waals surface area contributed by atoms with Gasteiger partial charge in [-0.05, 0) is 47.3 Å². The molecule has 1 heterocycles. The van der Waals surface area contributed by atoms with Gasteiger partial charge in [0.05, 0.1) is 10.0 Å². The van der Waals surface area contributed by atoms with Gasteiger partial charge in [-0.15, -0.1) is 12.4 Å². The third kappa shape index (κ3) is 4.07. The summed E-state index contributed by atoms with van der Waals surface area (Å²) in [5.41, 5.74) is 5.96. The second-order valence-electron chi connectivity index (χ2n) is 4.93. The average molecular weight is 365 g/mol. The number of nitrogens with two attached hydrogens (primary N) is 1. The molecule has 1 saturated carbocycles. The van der Waals surface area contributed by atoms with Crippen LogP contribution in [0, 0.1) is 5.92 Å². The van der Waals surface area contributed by atoms with Crippen LogP contribution in [0.4, 0.5) is 0 Å². The topological polar surface area (TPSA) is 88.0 Å². The maximum absolute atomic E-state index is 12.1. The largest absolute Gasteiger partial charge is 0.349 e. The fraction of sp³-hybridized carbons (Fsp3) is 0.538. The molecule has 0 spiro atoms. The van der Waals surface area contributed by atoms with Gasteiger partial charge in [0.25, 0.3) is 11.5 Å². The summed E-state index contributed by atoms with van der Waals surface area (Å²) in [5.74, 6) is 0.186. The van der Waals surface area contributed by atoms with Crippen LogP contribution in [0.1, 0.15) is 36.0 Å². The Labute approximate surface area is 132 Å². The van der Waals surface area contributed by atoms with Crippen LogP contribution in [-0.2, 0) is 0 Å². The van der Waals surface area contributed by atoms with Gasteiger partial charge in [0.1, 0.15) is 0 Å². The number of carbonyl (C=O) groups excluding carboxylic acids is 1. The zero-order chi connectivity index (χ0) is 13.8. The normalized spacial score (nSPS) is 21.9. The van der Waals surface area contributed by atoms with E-state index >= 15 is 0 Å². The third-order valence-corrected chi connectivity index (χ3v) is 4.24. The molecule has 1 aromatic heterocycles. The van der Waals surface area contributed by atoms with Crippen molar-refractivity contribution in [2.24, 2.45) is 11.7 Å². The number of aromatic amines is 1. The van der Waals surface area contributed by atoms with E-state index in [4.69, 9.17) is 5.73 Å². The van der Waals surface area contributed by atoms with Crippen molar-refractivity contribution in [3.63, 3.8) is 0 Å². The van der Waals surface area contributed by atoms with E-state index in [0.29, 0.717) is 22.5 Å². The molecule has 112 valence electrons. The quantitative estimate of drug-likeness (QED) is 0.764. The highest BCUT2D eigenvalue weighted by atomic mass is 79.9. The molecular weight excluding hydrogens is 346 g/mol. The van der Waals surface area contributed by atoms with E-state index in [0.717, 1.165) is 19.3 Å². The Bertz CT molecular complexity index is 521. The van der Waals surface area contributed by atoms with E-state index in [1.165, 1.54) is 18.7 Å². The lowest BCUT2D eigenvalue weighted by Crippen LogP contribution is -2.44. The van der Waals surface area contributed by atoms with Crippen LogP contribution in [0.25, 0.3) is 0 Å². The van der Waals surface area contributed by atoms with Gasteiger partial charge >= 0.3 is 0 Å². The molecule has 0 aliphatic heterocycles. The molecule has 0 bridgehead atoms. The number of rotatable bonds is 3. The van der Waals surface area contributed by atoms with E-state index in [2.05, 4.69) is 26.2 Å². The van der Waals surface area contributed by atoms with Gasteiger partial charge in [-0.2, -0.15) is 0 Å². The molecule has 2 unspecified atom stereocenters. The van der Waals surface area contributed by atoms with Gasteiger partial charge in [-0.3, -0.25) is 9.59 Å². The van der Waals surface area contributed by atoms with E-state index in [1.807, 2.05) is 0 Å². The lowest BCUT2D eigenvalue weighted by Gasteiger charge is -2.31. The summed E-state index contributed by atoms with van der Waals surface area (Å²) in [6.07, 6.45) is 5.77. The number of nitrogens with one attached hydrogen (secondary N) is 2. The van der Waals surface area contributed by atoms with Crippen molar-refractivity contribution in [1.29, 1.82) is 0 Å². The first kappa shape index (κ1) is 17.2. The SMILES string of the molecule is Cl.NCC1CCCCC1NC(=O)c1c[nH]c(=O)c(Br)c1. The Balaban J connectivity index is 0.00000200. The average Bonchev–Trinajstić information content (AvgIpc) is 2.42. The smallest absolute Gasteiger partial charge is 0.262 e. The zero-order valence-electron chi connectivity index (χ0n) is 11.0. The van der Waals surface area contributed by atoms with Gasteiger partial charge in [0.15, 0.2) is 0 Å². The molecule has 1 aliphatic carbocycles. The fourth-order valence-electron chi connectivity index (χ4n) is 2.52. The van der Waals surface area contributed by atoms with Crippen molar-refractivity contribution in [3.8, 4) is 0 Å². The van der Waals surface area contributed by atoms with Gasteiger partial charge in [-0.1, -0.05) is 12.8 Å². The first-order valence-electron chi connectivity index (χ1n) is 6.51. The Morgan fingerprint density at radius 3 is 2.80 bits per heavy atom. The van der Waals surface area contributed by atoms with Crippen LogP contribution in [0.15, 0.2) is 21.5 Å². The number of aromatic nitrogens is 1. The van der Waals surface area contributed by atoms with Gasteiger partial charge in [-0.25, -0.2) is 0 Å². The second-order valence-corrected chi connectivity index (χ2v) is 5.78. The van der Waals surface area contributed by atoms with Crippen LogP contribution in [0.2, 0.25) is 0 Å². The molecule has 1 aromatic rings. The summed E-state index contributed by atoms with van der Waals surface area (Å²) >= 11 is 3.12. The minimum absolute atomic E-state index is 0. The number of carbonyl (C=O) groups is 1. The summed E-state index contributed by atoms with van der Waals surface area (Å²) in [5, 5.41) is 3.02. The predicted molar refractivity (Wildman–Crippen MR) is 84.3 cm³/mol. The van der Waals surface area contributed by atoms with E-state index < -0.39 is 0 Å². The van der Waals surface area contributed by atoms with E-state index in [1.54, 1.807) is 0 Å². The van der Waals surface area contributed by atoms with Crippen molar-refractivity contribution in [2.75, 3.05) is 6.54 Å². The maximum Gasteiger partial charge on any atom is 0.262 e. The molecule has 20 heavy (non-hydrogen) atoms. The van der Waals surface area contributed by atoms with Crippen molar-refractivity contribution in [2.45, 2.75) is 31.7 Å². The van der Waals surface area contributed by atoms with Crippen molar-refractivity contribution >= 4 is 34.2 Å². The Morgan fingerprint density at radius 2 is 2.15 bits per heavy atom. The van der Waals surface area contributed by atoms with Crippen LogP contribution in [-0.4, -0.2) is 23.5 Å². The minimum atomic E-state index is -0.242. The zero-order valence-corrected chi connectivity index (χ0v) is 13.4. The van der Waals surface area contributed by atoms with Crippen LogP contribution in [0.3, 0.4) is 0 Å².